The topological polar surface area (TPSA) is 31.4 Å². The van der Waals surface area contributed by atoms with E-state index < -0.39 is 6.17 Å². The van der Waals surface area contributed by atoms with Gasteiger partial charge in [0.05, 0.1) is 18.9 Å². The molecule has 0 aliphatic heterocycles. The lowest BCUT2D eigenvalue weighted by atomic mass is 10.1. The van der Waals surface area contributed by atoms with Crippen LogP contribution in [0.4, 0.5) is 4.39 Å². The molecule has 32 heavy (non-hydrogen) atoms. The van der Waals surface area contributed by atoms with E-state index in [1.54, 1.807) is 0 Å². The number of nitrogens with zero attached hydrogens (tertiary/aromatic N) is 1. The summed E-state index contributed by atoms with van der Waals surface area (Å²) in [4.78, 5) is 4.57. The Hall–Kier alpha value is -1.94. The number of unbranched alkanes of at least 4 members (excludes halogenated alkanes) is 7. The van der Waals surface area contributed by atoms with Gasteiger partial charge in [0, 0.05) is 18.4 Å². The van der Waals surface area contributed by atoms with E-state index in [4.69, 9.17) is 9.47 Å². The highest BCUT2D eigenvalue weighted by molar-refractivity contribution is 5.60. The number of benzene rings is 1. The van der Waals surface area contributed by atoms with Crippen LogP contribution in [0.5, 0.6) is 5.75 Å². The molecular formula is C28H42FNO2. The van der Waals surface area contributed by atoms with Crippen molar-refractivity contribution in [2.45, 2.75) is 90.6 Å². The van der Waals surface area contributed by atoms with Crippen molar-refractivity contribution in [2.24, 2.45) is 0 Å². The Balaban J connectivity index is 1.67. The quantitative estimate of drug-likeness (QED) is 0.219. The van der Waals surface area contributed by atoms with Gasteiger partial charge in [-0.25, -0.2) is 4.39 Å². The summed E-state index contributed by atoms with van der Waals surface area (Å²) in [5.74, 6) is 0.907. The molecule has 0 aliphatic carbocycles. The molecule has 1 atom stereocenters. The highest BCUT2D eigenvalue weighted by atomic mass is 19.1. The zero-order valence-electron chi connectivity index (χ0n) is 20.2. The lowest BCUT2D eigenvalue weighted by molar-refractivity contribution is 0.0749. The summed E-state index contributed by atoms with van der Waals surface area (Å²) < 4.78 is 25.3. The molecule has 178 valence electrons. The van der Waals surface area contributed by atoms with Crippen LogP contribution in [0.25, 0.3) is 11.3 Å². The molecule has 1 unspecified atom stereocenters. The van der Waals surface area contributed by atoms with Crippen LogP contribution in [0, 0.1) is 0 Å². The van der Waals surface area contributed by atoms with E-state index in [9.17, 15) is 4.39 Å². The van der Waals surface area contributed by atoms with Gasteiger partial charge in [-0.2, -0.15) is 0 Å². The predicted octanol–water partition coefficient (Wildman–Crippen LogP) is 7.97. The minimum atomic E-state index is -0.916. The smallest absolute Gasteiger partial charge is 0.124 e. The monoisotopic (exact) mass is 443 g/mol. The van der Waals surface area contributed by atoms with Gasteiger partial charge in [-0.3, -0.25) is 4.98 Å². The molecule has 3 nitrogen and oxygen atoms in total. The molecule has 0 aliphatic rings. The summed E-state index contributed by atoms with van der Waals surface area (Å²) in [7, 11) is 0. The van der Waals surface area contributed by atoms with Gasteiger partial charge in [-0.05, 0) is 61.6 Å². The lowest BCUT2D eigenvalue weighted by Gasteiger charge is -2.10. The summed E-state index contributed by atoms with van der Waals surface area (Å²) in [5, 5.41) is 0. The van der Waals surface area contributed by atoms with Gasteiger partial charge >= 0.3 is 0 Å². The Morgan fingerprint density at radius 3 is 2.22 bits per heavy atom. The Morgan fingerprint density at radius 2 is 1.50 bits per heavy atom. The Morgan fingerprint density at radius 1 is 0.812 bits per heavy atom. The number of hydrogen-bond acceptors (Lipinski definition) is 3. The lowest BCUT2D eigenvalue weighted by Crippen LogP contribution is -2.12. The van der Waals surface area contributed by atoms with Crippen LogP contribution in [-0.4, -0.2) is 31.0 Å². The fourth-order valence-corrected chi connectivity index (χ4v) is 3.61. The van der Waals surface area contributed by atoms with Gasteiger partial charge in [0.2, 0.25) is 0 Å². The molecule has 1 heterocycles. The zero-order chi connectivity index (χ0) is 22.9. The van der Waals surface area contributed by atoms with Crippen LogP contribution in [0.15, 0.2) is 42.6 Å². The average molecular weight is 444 g/mol. The van der Waals surface area contributed by atoms with Gasteiger partial charge in [-0.15, -0.1) is 0 Å². The van der Waals surface area contributed by atoms with Crippen LogP contribution < -0.4 is 4.74 Å². The van der Waals surface area contributed by atoms with Crippen LogP contribution in [-0.2, 0) is 11.2 Å². The maximum absolute atomic E-state index is 14.0. The first-order chi connectivity index (χ1) is 15.7. The zero-order valence-corrected chi connectivity index (χ0v) is 20.2. The molecule has 4 heteroatoms. The summed E-state index contributed by atoms with van der Waals surface area (Å²) in [6, 6.07) is 12.2. The van der Waals surface area contributed by atoms with Crippen LogP contribution in [0.3, 0.4) is 0 Å². The fourth-order valence-electron chi connectivity index (χ4n) is 3.61. The summed E-state index contributed by atoms with van der Waals surface area (Å²) in [5.41, 5.74) is 3.04. The molecule has 0 saturated heterocycles. The standard InChI is InChI=1S/C28H42FNO2/c1-3-5-7-8-9-11-21-32-27-17-14-25(15-18-27)28-19-13-24(22-30-28)12-16-26(29)23-31-20-10-6-4-2/h13-15,17-19,22,26H,3-12,16,20-21,23H2,1-2H3. The number of aromatic nitrogens is 1. The van der Waals surface area contributed by atoms with E-state index in [2.05, 4.69) is 18.8 Å². The number of hydrogen-bond donors (Lipinski definition) is 0. The van der Waals surface area contributed by atoms with Crippen molar-refractivity contribution < 1.29 is 13.9 Å². The minimum Gasteiger partial charge on any atom is -0.494 e. The second-order valence-electron chi connectivity index (χ2n) is 8.61. The van der Waals surface area contributed by atoms with E-state index in [1.807, 2.05) is 42.6 Å². The number of pyridine rings is 1. The Kier molecular flexibility index (Phi) is 13.7. The van der Waals surface area contributed by atoms with E-state index in [-0.39, 0.29) is 6.61 Å². The second-order valence-corrected chi connectivity index (χ2v) is 8.61. The normalized spacial score (nSPS) is 12.1. The maximum atomic E-state index is 14.0. The molecule has 1 aromatic carbocycles. The van der Waals surface area contributed by atoms with E-state index in [1.165, 1.54) is 32.1 Å². The van der Waals surface area contributed by atoms with Crippen molar-refractivity contribution in [1.82, 2.24) is 4.98 Å². The number of rotatable bonds is 18. The molecule has 2 rings (SSSR count). The van der Waals surface area contributed by atoms with Crippen molar-refractivity contribution in [1.29, 1.82) is 0 Å². The number of halogens is 1. The van der Waals surface area contributed by atoms with Crippen molar-refractivity contribution in [2.75, 3.05) is 19.8 Å². The third-order valence-electron chi connectivity index (χ3n) is 5.68. The Bertz CT molecular complexity index is 702. The third kappa shape index (κ3) is 11.1. The second kappa shape index (κ2) is 16.7. The van der Waals surface area contributed by atoms with Crippen molar-refractivity contribution in [3.63, 3.8) is 0 Å². The number of ether oxygens (including phenoxy) is 2. The molecule has 0 radical (unpaired) electrons. The molecule has 0 bridgehead atoms. The molecular weight excluding hydrogens is 401 g/mol. The molecule has 0 N–H and O–H groups in total. The van der Waals surface area contributed by atoms with E-state index in [0.29, 0.717) is 19.4 Å². The van der Waals surface area contributed by atoms with Crippen molar-refractivity contribution >= 4 is 0 Å². The number of alkyl halides is 1. The van der Waals surface area contributed by atoms with E-state index >= 15 is 0 Å². The fraction of sp³-hybridized carbons (Fsp3) is 0.607. The molecule has 0 fully saturated rings. The van der Waals surface area contributed by atoms with Gasteiger partial charge < -0.3 is 9.47 Å². The number of aryl methyl sites for hydroxylation is 1. The van der Waals surface area contributed by atoms with Crippen molar-refractivity contribution in [3.05, 3.63) is 48.2 Å². The maximum Gasteiger partial charge on any atom is 0.124 e. The van der Waals surface area contributed by atoms with Gasteiger partial charge in [0.1, 0.15) is 11.9 Å². The largest absolute Gasteiger partial charge is 0.494 e. The summed E-state index contributed by atoms with van der Waals surface area (Å²) in [6.45, 7) is 6.03. The summed E-state index contributed by atoms with van der Waals surface area (Å²) >= 11 is 0. The molecule has 2 aromatic rings. The molecule has 0 saturated carbocycles. The molecule has 0 amide bonds. The minimum absolute atomic E-state index is 0.197. The first-order valence-corrected chi connectivity index (χ1v) is 12.6. The highest BCUT2D eigenvalue weighted by Crippen LogP contribution is 2.22. The third-order valence-corrected chi connectivity index (χ3v) is 5.68. The first kappa shape index (κ1) is 26.3. The first-order valence-electron chi connectivity index (χ1n) is 12.6. The average Bonchev–Trinajstić information content (AvgIpc) is 2.83. The van der Waals surface area contributed by atoms with Crippen LogP contribution in [0.1, 0.15) is 83.6 Å². The Labute approximate surface area is 194 Å². The van der Waals surface area contributed by atoms with Crippen molar-refractivity contribution in [3.8, 4) is 17.0 Å². The SMILES string of the molecule is CCCCCCCCOc1ccc(-c2ccc(CCC(F)COCCCCC)cn2)cc1. The van der Waals surface area contributed by atoms with Gasteiger partial charge in [-0.1, -0.05) is 64.9 Å². The van der Waals surface area contributed by atoms with Gasteiger partial charge in [0.15, 0.2) is 0 Å². The highest BCUT2D eigenvalue weighted by Gasteiger charge is 2.08. The van der Waals surface area contributed by atoms with Gasteiger partial charge in [0.25, 0.3) is 0 Å². The van der Waals surface area contributed by atoms with Crippen LogP contribution >= 0.6 is 0 Å². The predicted molar refractivity (Wildman–Crippen MR) is 132 cm³/mol. The molecule has 0 spiro atoms. The van der Waals surface area contributed by atoms with Crippen LogP contribution in [0.2, 0.25) is 0 Å². The molecule has 1 aromatic heterocycles. The summed E-state index contributed by atoms with van der Waals surface area (Å²) in [6.07, 6.45) is 13.0. The van der Waals surface area contributed by atoms with E-state index in [0.717, 1.165) is 54.9 Å².